The first-order valence-corrected chi connectivity index (χ1v) is 7.96. The summed E-state index contributed by atoms with van der Waals surface area (Å²) in [6.45, 7) is 3.46. The van der Waals surface area contributed by atoms with Gasteiger partial charge in [0.15, 0.2) is 0 Å². The summed E-state index contributed by atoms with van der Waals surface area (Å²) in [6, 6.07) is 0.120. The second-order valence-corrected chi connectivity index (χ2v) is 6.04. The van der Waals surface area contributed by atoms with Crippen molar-refractivity contribution in [3.63, 3.8) is 0 Å². The predicted octanol–water partition coefficient (Wildman–Crippen LogP) is 1.21. The van der Waals surface area contributed by atoms with Crippen LogP contribution in [0.3, 0.4) is 0 Å². The molecule has 1 aromatic heterocycles. The van der Waals surface area contributed by atoms with Crippen molar-refractivity contribution in [2.45, 2.75) is 38.3 Å². The minimum Gasteiger partial charge on any atom is -0.384 e. The molecule has 120 valence electrons. The lowest BCUT2D eigenvalue weighted by Gasteiger charge is -2.47. The number of hydrogen-bond acceptors (Lipinski definition) is 5. The summed E-state index contributed by atoms with van der Waals surface area (Å²) >= 11 is 0. The average Bonchev–Trinajstić information content (AvgIpc) is 2.95. The summed E-state index contributed by atoms with van der Waals surface area (Å²) in [7, 11) is 1.69. The second-order valence-electron chi connectivity index (χ2n) is 6.04. The number of carbonyl (C=O) groups excluding carboxylic acids is 1. The fourth-order valence-corrected chi connectivity index (χ4v) is 3.64. The number of aryl methyl sites for hydroxylation is 1. The van der Waals surface area contributed by atoms with Crippen molar-refractivity contribution < 1.29 is 14.3 Å². The molecule has 6 heteroatoms. The van der Waals surface area contributed by atoms with Crippen molar-refractivity contribution in [2.24, 2.45) is 11.8 Å². The van der Waals surface area contributed by atoms with Gasteiger partial charge < -0.3 is 14.8 Å². The standard InChI is InChI=1S/C16H23N3O3/c1-3-4-13-11(7-17-9-18-13)16(20)19-14-10-5-6-22-15(10)12(14)8-21-2/h7,9-10,12,14-15H,3-6,8H2,1-2H3,(H,19,20)/t10-,12+,14-,15-/m0/s1. The summed E-state index contributed by atoms with van der Waals surface area (Å²) in [4.78, 5) is 20.9. The van der Waals surface area contributed by atoms with Crippen LogP contribution in [0.5, 0.6) is 0 Å². The number of carbonyl (C=O) groups is 1. The summed E-state index contributed by atoms with van der Waals surface area (Å²) < 4.78 is 11.0. The van der Waals surface area contributed by atoms with Crippen LogP contribution < -0.4 is 5.32 Å². The van der Waals surface area contributed by atoms with Gasteiger partial charge in [0.2, 0.25) is 0 Å². The Bertz CT molecular complexity index is 537. The molecular weight excluding hydrogens is 282 g/mol. The Hall–Kier alpha value is -1.53. The quantitative estimate of drug-likeness (QED) is 0.855. The molecule has 0 radical (unpaired) electrons. The van der Waals surface area contributed by atoms with Gasteiger partial charge >= 0.3 is 0 Å². The molecule has 1 aliphatic carbocycles. The Morgan fingerprint density at radius 2 is 2.41 bits per heavy atom. The van der Waals surface area contributed by atoms with Crippen molar-refractivity contribution in [2.75, 3.05) is 20.3 Å². The molecule has 1 aromatic rings. The molecule has 0 unspecified atom stereocenters. The molecule has 3 rings (SSSR count). The van der Waals surface area contributed by atoms with E-state index in [-0.39, 0.29) is 24.0 Å². The SMILES string of the molecule is CCCc1ncncc1C(=O)N[C@@H]1[C@@H](COC)[C@H]2OCC[C@@H]12. The van der Waals surface area contributed by atoms with Crippen LogP contribution in [0.15, 0.2) is 12.5 Å². The molecule has 1 saturated heterocycles. The van der Waals surface area contributed by atoms with Gasteiger partial charge in [0.25, 0.3) is 5.91 Å². The first kappa shape index (κ1) is 15.4. The maximum atomic E-state index is 12.6. The van der Waals surface area contributed by atoms with Gasteiger partial charge in [-0.3, -0.25) is 4.79 Å². The van der Waals surface area contributed by atoms with Gasteiger partial charge in [0, 0.05) is 37.8 Å². The smallest absolute Gasteiger partial charge is 0.254 e. The largest absolute Gasteiger partial charge is 0.384 e. The van der Waals surface area contributed by atoms with E-state index in [0.29, 0.717) is 18.1 Å². The van der Waals surface area contributed by atoms with Gasteiger partial charge in [0.05, 0.1) is 24.0 Å². The van der Waals surface area contributed by atoms with Gasteiger partial charge in [-0.25, -0.2) is 9.97 Å². The maximum absolute atomic E-state index is 12.6. The third-order valence-corrected chi connectivity index (χ3v) is 4.71. The van der Waals surface area contributed by atoms with Crippen LogP contribution in [-0.2, 0) is 15.9 Å². The summed E-state index contributed by atoms with van der Waals surface area (Å²) in [5.74, 6) is 0.560. The fourth-order valence-electron chi connectivity index (χ4n) is 3.64. The third kappa shape index (κ3) is 2.73. The summed E-state index contributed by atoms with van der Waals surface area (Å²) in [5.41, 5.74) is 1.40. The Morgan fingerprint density at radius 1 is 1.55 bits per heavy atom. The van der Waals surface area contributed by atoms with Crippen LogP contribution in [0.4, 0.5) is 0 Å². The molecule has 1 amide bonds. The van der Waals surface area contributed by atoms with Crippen molar-refractivity contribution in [1.82, 2.24) is 15.3 Å². The van der Waals surface area contributed by atoms with E-state index in [1.54, 1.807) is 13.3 Å². The van der Waals surface area contributed by atoms with Gasteiger partial charge in [-0.2, -0.15) is 0 Å². The van der Waals surface area contributed by atoms with E-state index in [9.17, 15) is 4.79 Å². The number of rotatable bonds is 6. The van der Waals surface area contributed by atoms with E-state index in [1.807, 2.05) is 0 Å². The van der Waals surface area contributed by atoms with Gasteiger partial charge in [-0.1, -0.05) is 13.3 Å². The summed E-state index contributed by atoms with van der Waals surface area (Å²) in [6.07, 6.45) is 6.08. The molecule has 4 atom stereocenters. The highest BCUT2D eigenvalue weighted by Gasteiger charge is 2.54. The molecular formula is C16H23N3O3. The summed E-state index contributed by atoms with van der Waals surface area (Å²) in [5, 5.41) is 3.16. The molecule has 2 heterocycles. The van der Waals surface area contributed by atoms with Crippen LogP contribution in [0.2, 0.25) is 0 Å². The molecule has 2 fully saturated rings. The van der Waals surface area contributed by atoms with Crippen molar-refractivity contribution in [1.29, 1.82) is 0 Å². The monoisotopic (exact) mass is 305 g/mol. The molecule has 22 heavy (non-hydrogen) atoms. The number of amides is 1. The van der Waals surface area contributed by atoms with E-state index in [2.05, 4.69) is 22.2 Å². The molecule has 1 aliphatic heterocycles. The predicted molar refractivity (Wildman–Crippen MR) is 80.5 cm³/mol. The molecule has 0 spiro atoms. The number of methoxy groups -OCH3 is 1. The first-order chi connectivity index (χ1) is 10.8. The highest BCUT2D eigenvalue weighted by atomic mass is 16.5. The third-order valence-electron chi connectivity index (χ3n) is 4.71. The highest BCUT2D eigenvalue weighted by Crippen LogP contribution is 2.43. The van der Waals surface area contributed by atoms with E-state index >= 15 is 0 Å². The Morgan fingerprint density at radius 3 is 3.18 bits per heavy atom. The number of nitrogens with one attached hydrogen (secondary N) is 1. The van der Waals surface area contributed by atoms with Crippen molar-refractivity contribution in [3.8, 4) is 0 Å². The molecule has 6 nitrogen and oxygen atoms in total. The van der Waals surface area contributed by atoms with Crippen LogP contribution in [0.25, 0.3) is 0 Å². The van der Waals surface area contributed by atoms with Crippen molar-refractivity contribution in [3.05, 3.63) is 23.8 Å². The van der Waals surface area contributed by atoms with Crippen LogP contribution >= 0.6 is 0 Å². The average molecular weight is 305 g/mol. The normalized spacial score (nSPS) is 29.7. The van der Waals surface area contributed by atoms with Crippen molar-refractivity contribution >= 4 is 5.91 Å². The zero-order valence-corrected chi connectivity index (χ0v) is 13.1. The second kappa shape index (κ2) is 6.71. The minimum atomic E-state index is -0.0829. The number of aromatic nitrogens is 2. The van der Waals surface area contributed by atoms with Gasteiger partial charge in [-0.05, 0) is 12.8 Å². The maximum Gasteiger partial charge on any atom is 0.254 e. The molecule has 1 N–H and O–H groups in total. The molecule has 0 aromatic carbocycles. The Labute approximate surface area is 130 Å². The lowest BCUT2D eigenvalue weighted by molar-refractivity contribution is -0.0809. The Kier molecular flexibility index (Phi) is 4.69. The number of nitrogens with zero attached hydrogens (tertiary/aromatic N) is 2. The van der Waals surface area contributed by atoms with Crippen LogP contribution in [0.1, 0.15) is 35.8 Å². The highest BCUT2D eigenvalue weighted by molar-refractivity contribution is 5.95. The molecule has 2 aliphatic rings. The van der Waals surface area contributed by atoms with Crippen LogP contribution in [-0.4, -0.2) is 48.3 Å². The first-order valence-electron chi connectivity index (χ1n) is 7.96. The number of fused-ring (bicyclic) bond motifs is 1. The van der Waals surface area contributed by atoms with E-state index in [1.165, 1.54) is 6.33 Å². The van der Waals surface area contributed by atoms with E-state index in [0.717, 1.165) is 31.6 Å². The van der Waals surface area contributed by atoms with E-state index < -0.39 is 0 Å². The van der Waals surface area contributed by atoms with Gasteiger partial charge in [0.1, 0.15) is 6.33 Å². The lowest BCUT2D eigenvalue weighted by Crippen LogP contribution is -2.62. The minimum absolute atomic E-state index is 0.0829. The fraction of sp³-hybridized carbons (Fsp3) is 0.688. The molecule has 1 saturated carbocycles. The molecule has 0 bridgehead atoms. The number of ether oxygens (including phenoxy) is 2. The zero-order chi connectivity index (χ0) is 15.5. The zero-order valence-electron chi connectivity index (χ0n) is 13.1. The topological polar surface area (TPSA) is 73.3 Å². The van der Waals surface area contributed by atoms with Crippen LogP contribution in [0, 0.1) is 11.8 Å². The Balaban J connectivity index is 1.71. The van der Waals surface area contributed by atoms with E-state index in [4.69, 9.17) is 9.47 Å². The number of hydrogen-bond donors (Lipinski definition) is 1. The lowest BCUT2D eigenvalue weighted by atomic mass is 9.67. The van der Waals surface area contributed by atoms with Gasteiger partial charge in [-0.15, -0.1) is 0 Å².